The molecule has 0 spiro atoms. The highest BCUT2D eigenvalue weighted by Gasteiger charge is 2.24. The third-order valence-electron chi connectivity index (χ3n) is 2.46. The molecule has 1 aromatic rings. The second-order valence-corrected chi connectivity index (χ2v) is 3.45. The molecule has 14 heavy (non-hydrogen) atoms. The largest absolute Gasteiger partial charge is 0.384 e. The van der Waals surface area contributed by atoms with Gasteiger partial charge >= 0.3 is 0 Å². The van der Waals surface area contributed by atoms with E-state index >= 15 is 0 Å². The van der Waals surface area contributed by atoms with Crippen LogP contribution in [0.25, 0.3) is 0 Å². The first-order valence-electron chi connectivity index (χ1n) is 4.67. The van der Waals surface area contributed by atoms with Crippen LogP contribution in [-0.2, 0) is 0 Å². The summed E-state index contributed by atoms with van der Waals surface area (Å²) >= 11 is 0. The van der Waals surface area contributed by atoms with Crippen LogP contribution < -0.4 is 5.32 Å². The number of rotatable bonds is 2. The first-order chi connectivity index (χ1) is 6.79. The molecule has 2 N–H and O–H groups in total. The number of hydrogen-bond donors (Lipinski definition) is 2. The summed E-state index contributed by atoms with van der Waals surface area (Å²) < 4.78 is 0. The molecule has 0 radical (unpaired) electrons. The van der Waals surface area contributed by atoms with Crippen molar-refractivity contribution < 1.29 is 5.11 Å². The molecule has 1 aliphatic heterocycles. The standard InChI is InChI=1S/C11H14N2O/c1-13-8-7-12-11(13)10(14)9-5-3-2-4-6-9/h2-8,10-12,14H,1H3/t10-,11?/m0/s1. The Morgan fingerprint density at radius 1 is 1.36 bits per heavy atom. The van der Waals surface area contributed by atoms with Gasteiger partial charge in [-0.15, -0.1) is 0 Å². The number of nitrogens with zero attached hydrogens (tertiary/aromatic N) is 1. The van der Waals surface area contributed by atoms with Crippen LogP contribution in [0.4, 0.5) is 0 Å². The van der Waals surface area contributed by atoms with Crippen molar-refractivity contribution in [1.29, 1.82) is 0 Å². The van der Waals surface area contributed by atoms with Crippen LogP contribution in [0.1, 0.15) is 11.7 Å². The number of aliphatic hydroxyl groups is 1. The molecule has 1 unspecified atom stereocenters. The van der Waals surface area contributed by atoms with Crippen molar-refractivity contribution in [3.8, 4) is 0 Å². The Morgan fingerprint density at radius 3 is 2.64 bits per heavy atom. The zero-order valence-electron chi connectivity index (χ0n) is 8.09. The molecule has 0 saturated heterocycles. The molecule has 0 amide bonds. The van der Waals surface area contributed by atoms with E-state index < -0.39 is 6.10 Å². The summed E-state index contributed by atoms with van der Waals surface area (Å²) in [7, 11) is 1.94. The summed E-state index contributed by atoms with van der Waals surface area (Å²) in [5.41, 5.74) is 0.931. The minimum absolute atomic E-state index is 0.0580. The van der Waals surface area contributed by atoms with Crippen molar-refractivity contribution in [3.05, 3.63) is 48.3 Å². The molecule has 0 aromatic heterocycles. The summed E-state index contributed by atoms with van der Waals surface area (Å²) in [6, 6.07) is 9.67. The monoisotopic (exact) mass is 190 g/mol. The number of nitrogens with one attached hydrogen (secondary N) is 1. The molecule has 0 saturated carbocycles. The highest BCUT2D eigenvalue weighted by molar-refractivity contribution is 5.19. The lowest BCUT2D eigenvalue weighted by Crippen LogP contribution is -2.38. The molecule has 0 bridgehead atoms. The molecule has 3 heteroatoms. The molecule has 1 aliphatic rings. The third-order valence-corrected chi connectivity index (χ3v) is 2.46. The lowest BCUT2D eigenvalue weighted by molar-refractivity contribution is 0.0829. The Hall–Kier alpha value is -1.48. The third kappa shape index (κ3) is 1.59. The molecular weight excluding hydrogens is 176 g/mol. The van der Waals surface area contributed by atoms with Crippen molar-refractivity contribution in [3.63, 3.8) is 0 Å². The second-order valence-electron chi connectivity index (χ2n) is 3.45. The van der Waals surface area contributed by atoms with Gasteiger partial charge in [0.15, 0.2) is 0 Å². The maximum atomic E-state index is 10.0. The molecule has 1 heterocycles. The van der Waals surface area contributed by atoms with Gasteiger partial charge < -0.3 is 15.3 Å². The minimum atomic E-state index is -0.504. The van der Waals surface area contributed by atoms with E-state index in [0.29, 0.717) is 0 Å². The maximum Gasteiger partial charge on any atom is 0.129 e. The van der Waals surface area contributed by atoms with Crippen LogP contribution in [0.5, 0.6) is 0 Å². The number of hydrogen-bond acceptors (Lipinski definition) is 3. The van der Waals surface area contributed by atoms with Crippen molar-refractivity contribution in [2.24, 2.45) is 0 Å². The fourth-order valence-corrected chi connectivity index (χ4v) is 1.62. The van der Waals surface area contributed by atoms with E-state index in [-0.39, 0.29) is 6.17 Å². The molecule has 2 atom stereocenters. The van der Waals surface area contributed by atoms with Crippen molar-refractivity contribution in [2.45, 2.75) is 12.3 Å². The van der Waals surface area contributed by atoms with Gasteiger partial charge in [-0.25, -0.2) is 0 Å². The smallest absolute Gasteiger partial charge is 0.129 e. The zero-order chi connectivity index (χ0) is 9.97. The number of aliphatic hydroxyl groups excluding tert-OH is 1. The van der Waals surface area contributed by atoms with Crippen LogP contribution in [0.15, 0.2) is 42.7 Å². The van der Waals surface area contributed by atoms with Gasteiger partial charge in [0.1, 0.15) is 12.3 Å². The average molecular weight is 190 g/mol. The normalized spacial score (nSPS) is 22.1. The number of benzene rings is 1. The topological polar surface area (TPSA) is 35.5 Å². The molecule has 1 aromatic carbocycles. The van der Waals surface area contributed by atoms with Gasteiger partial charge in [0, 0.05) is 19.4 Å². The molecule has 74 valence electrons. The van der Waals surface area contributed by atoms with E-state index in [4.69, 9.17) is 0 Å². The van der Waals surface area contributed by atoms with E-state index in [9.17, 15) is 5.11 Å². The van der Waals surface area contributed by atoms with Crippen molar-refractivity contribution >= 4 is 0 Å². The summed E-state index contributed by atoms with van der Waals surface area (Å²) in [5, 5.41) is 13.1. The fraction of sp³-hybridized carbons (Fsp3) is 0.273. The Kier molecular flexibility index (Phi) is 2.41. The molecule has 3 nitrogen and oxygen atoms in total. The molecule has 0 fully saturated rings. The van der Waals surface area contributed by atoms with Crippen molar-refractivity contribution in [1.82, 2.24) is 10.2 Å². The first kappa shape index (κ1) is 9.09. The van der Waals surface area contributed by atoms with Gasteiger partial charge in [-0.05, 0) is 5.56 Å². The van der Waals surface area contributed by atoms with Crippen LogP contribution in [0, 0.1) is 0 Å². The molecule has 2 rings (SSSR count). The van der Waals surface area contributed by atoms with E-state index in [1.807, 2.05) is 54.7 Å². The van der Waals surface area contributed by atoms with E-state index in [1.165, 1.54) is 0 Å². The lowest BCUT2D eigenvalue weighted by Gasteiger charge is -2.26. The lowest BCUT2D eigenvalue weighted by atomic mass is 10.1. The van der Waals surface area contributed by atoms with Gasteiger partial charge in [0.25, 0.3) is 0 Å². The Bertz CT molecular complexity index is 323. The van der Waals surface area contributed by atoms with Gasteiger partial charge in [0.05, 0.1) is 0 Å². The summed E-state index contributed by atoms with van der Waals surface area (Å²) in [4.78, 5) is 1.96. The Morgan fingerprint density at radius 2 is 2.07 bits per heavy atom. The van der Waals surface area contributed by atoms with E-state index in [2.05, 4.69) is 5.32 Å². The molecular formula is C11H14N2O. The zero-order valence-corrected chi connectivity index (χ0v) is 8.09. The fourth-order valence-electron chi connectivity index (χ4n) is 1.62. The van der Waals surface area contributed by atoms with Crippen molar-refractivity contribution in [2.75, 3.05) is 7.05 Å². The summed E-state index contributed by atoms with van der Waals surface area (Å²) in [6.45, 7) is 0. The van der Waals surface area contributed by atoms with Crippen LogP contribution in [-0.4, -0.2) is 23.2 Å². The minimum Gasteiger partial charge on any atom is -0.384 e. The average Bonchev–Trinajstić information content (AvgIpc) is 2.65. The highest BCUT2D eigenvalue weighted by Crippen LogP contribution is 2.20. The van der Waals surface area contributed by atoms with Crippen LogP contribution in [0.2, 0.25) is 0 Å². The first-order valence-corrected chi connectivity index (χ1v) is 4.67. The SMILES string of the molecule is CN1C=CNC1[C@@H](O)c1ccccc1. The van der Waals surface area contributed by atoms with Crippen LogP contribution in [0.3, 0.4) is 0 Å². The number of likely N-dealkylation sites (N-methyl/N-ethyl adjacent to an activating group) is 1. The summed E-state index contributed by atoms with van der Waals surface area (Å²) in [5.74, 6) is 0. The molecule has 0 aliphatic carbocycles. The van der Waals surface area contributed by atoms with Gasteiger partial charge in [-0.3, -0.25) is 0 Å². The Labute approximate surface area is 83.7 Å². The van der Waals surface area contributed by atoms with E-state index in [1.54, 1.807) is 0 Å². The van der Waals surface area contributed by atoms with E-state index in [0.717, 1.165) is 5.56 Å². The quantitative estimate of drug-likeness (QED) is 0.731. The highest BCUT2D eigenvalue weighted by atomic mass is 16.3. The van der Waals surface area contributed by atoms with Gasteiger partial charge in [0.2, 0.25) is 0 Å². The predicted octanol–water partition coefficient (Wildman–Crippen LogP) is 1.05. The maximum absolute atomic E-state index is 10.0. The van der Waals surface area contributed by atoms with Gasteiger partial charge in [-0.2, -0.15) is 0 Å². The Balaban J connectivity index is 2.13. The van der Waals surface area contributed by atoms with Gasteiger partial charge in [-0.1, -0.05) is 30.3 Å². The predicted molar refractivity (Wildman–Crippen MR) is 55.2 cm³/mol. The second kappa shape index (κ2) is 3.72. The van der Waals surface area contributed by atoms with Crippen LogP contribution >= 0.6 is 0 Å². The summed E-state index contributed by atoms with van der Waals surface area (Å²) in [6.07, 6.45) is 3.20.